The highest BCUT2D eigenvalue weighted by atomic mass is 32.1. The van der Waals surface area contributed by atoms with Gasteiger partial charge in [0.25, 0.3) is 0 Å². The third-order valence-corrected chi connectivity index (χ3v) is 24.1. The van der Waals surface area contributed by atoms with Gasteiger partial charge < -0.3 is 14.2 Å². The number of allylic oxidation sites excluding steroid dienone is 2. The van der Waals surface area contributed by atoms with Gasteiger partial charge in [0.05, 0.1) is 32.8 Å². The van der Waals surface area contributed by atoms with Crippen LogP contribution in [0.1, 0.15) is 197 Å². The maximum absolute atomic E-state index is 6.26. The van der Waals surface area contributed by atoms with Crippen LogP contribution >= 0.6 is 22.7 Å². The van der Waals surface area contributed by atoms with Crippen molar-refractivity contribution in [1.82, 2.24) is 0 Å². The minimum atomic E-state index is -0.0489. The molecular formula is C87H98O3S2. The summed E-state index contributed by atoms with van der Waals surface area (Å²) in [6.07, 6.45) is 40.9. The predicted octanol–water partition coefficient (Wildman–Crippen LogP) is 26.9. The Balaban J connectivity index is 0.686. The van der Waals surface area contributed by atoms with Crippen LogP contribution in [0, 0.1) is 17.8 Å². The Hall–Kier alpha value is -6.92. The van der Waals surface area contributed by atoms with Crippen LogP contribution in [0.25, 0.3) is 96.0 Å². The summed E-state index contributed by atoms with van der Waals surface area (Å²) < 4.78 is 22.4. The van der Waals surface area contributed by atoms with Crippen LogP contribution in [-0.4, -0.2) is 20.3 Å². The summed E-state index contributed by atoms with van der Waals surface area (Å²) in [6.45, 7) is 8.64. The summed E-state index contributed by atoms with van der Waals surface area (Å²) >= 11 is 3.90. The standard InChI is InChI=1S/C87H98O3S2/c1-5-7-47-85-49-25-51-86(48-8-6-2,52-26-50-85)87(85)79-57-66(70-37-45-77-75-43-35-68(59-81(75)91-83(77)61-70)64-29-27-63(3)28-30-64)33-41-73(79)74-42-34-67(58-80(74)87)71-38-46-78-76-44-36-69(60-82(76)92-84(78)62-71)65-31-39-72(40-32-65)90-56-24-20-16-11-9-10-14-18-22-54-89-55-23-19-15-12-13-17-21-53-88-4/h21,23,27-46,53,55,57-62H,5-20,22,24-26,47-52,54,56H2,1-4H3/b53-21+,55-23-. The predicted molar refractivity (Wildman–Crippen MR) is 398 cm³/mol. The number of hydrogen-bond acceptors (Lipinski definition) is 5. The molecule has 8 aromatic carbocycles. The normalized spacial score (nSPS) is 18.5. The molecule has 10 aromatic rings. The van der Waals surface area contributed by atoms with Gasteiger partial charge in [-0.15, -0.1) is 22.7 Å². The maximum Gasteiger partial charge on any atom is 0.119 e. The molecule has 0 amide bonds. The molecule has 3 nitrogen and oxygen atoms in total. The molecule has 2 saturated carbocycles. The number of ether oxygens (including phenoxy) is 3. The lowest BCUT2D eigenvalue weighted by Crippen LogP contribution is -2.62. The van der Waals surface area contributed by atoms with Crippen LogP contribution in [0.2, 0.25) is 0 Å². The van der Waals surface area contributed by atoms with Crippen molar-refractivity contribution in [3.63, 3.8) is 0 Å². The second-order valence-corrected chi connectivity index (χ2v) is 29.9. The quantitative estimate of drug-likeness (QED) is 0.0320. The van der Waals surface area contributed by atoms with Gasteiger partial charge in [-0.25, -0.2) is 0 Å². The molecule has 2 fully saturated rings. The van der Waals surface area contributed by atoms with Crippen LogP contribution in [0.3, 0.4) is 0 Å². The van der Waals surface area contributed by atoms with Crippen LogP contribution < -0.4 is 4.74 Å². The van der Waals surface area contributed by atoms with Crippen molar-refractivity contribution in [3.05, 3.63) is 199 Å². The molecule has 1 spiro atoms. The minimum absolute atomic E-state index is 0.0489. The summed E-state index contributed by atoms with van der Waals surface area (Å²) in [5.74, 6) is 0.963. The first-order chi connectivity index (χ1) is 45.3. The van der Waals surface area contributed by atoms with Crippen molar-refractivity contribution >= 4 is 63.0 Å². The zero-order valence-electron chi connectivity index (χ0n) is 55.7. The molecule has 0 saturated heterocycles. The van der Waals surface area contributed by atoms with Crippen LogP contribution in [-0.2, 0) is 14.9 Å². The molecule has 0 atom stereocenters. The Morgan fingerprint density at radius 2 is 0.772 bits per heavy atom. The Bertz CT molecular complexity index is 4140. The molecule has 3 aliphatic rings. The highest BCUT2D eigenvalue weighted by Crippen LogP contribution is 2.77. The second-order valence-electron chi connectivity index (χ2n) is 27.7. The zero-order valence-corrected chi connectivity index (χ0v) is 57.3. The molecule has 5 heteroatoms. The van der Waals surface area contributed by atoms with E-state index in [1.807, 2.05) is 28.9 Å². The number of hydrogen-bond donors (Lipinski definition) is 0. The number of methoxy groups -OCH3 is 1. The fourth-order valence-corrected chi connectivity index (χ4v) is 19.7. The monoisotopic (exact) mass is 1250 g/mol. The Kier molecular flexibility index (Phi) is 20.5. The van der Waals surface area contributed by atoms with Crippen molar-refractivity contribution in [1.29, 1.82) is 0 Å². The summed E-state index contributed by atoms with van der Waals surface area (Å²) in [7, 11) is 1.70. The van der Waals surface area contributed by atoms with Crippen molar-refractivity contribution < 1.29 is 14.2 Å². The lowest BCUT2D eigenvalue weighted by Gasteiger charge is -2.67. The Morgan fingerprint density at radius 3 is 1.23 bits per heavy atom. The molecule has 2 aromatic heterocycles. The van der Waals surface area contributed by atoms with Crippen LogP contribution in [0.15, 0.2) is 182 Å². The van der Waals surface area contributed by atoms with E-state index in [0.29, 0.717) is 0 Å². The first-order valence-corrected chi connectivity index (χ1v) is 37.5. The number of benzene rings is 8. The smallest absolute Gasteiger partial charge is 0.119 e. The van der Waals surface area contributed by atoms with Crippen molar-refractivity contribution in [2.75, 3.05) is 20.3 Å². The van der Waals surface area contributed by atoms with E-state index < -0.39 is 0 Å². The molecule has 2 bridgehead atoms. The third-order valence-electron chi connectivity index (χ3n) is 21.9. The van der Waals surface area contributed by atoms with Gasteiger partial charge in [0.15, 0.2) is 0 Å². The number of rotatable bonds is 31. The van der Waals surface area contributed by atoms with Crippen LogP contribution in [0.5, 0.6) is 5.75 Å². The van der Waals surface area contributed by atoms with Gasteiger partial charge in [-0.05, 0) is 222 Å². The Morgan fingerprint density at radius 1 is 0.391 bits per heavy atom. The first-order valence-electron chi connectivity index (χ1n) is 35.8. The van der Waals surface area contributed by atoms with E-state index in [1.54, 1.807) is 24.5 Å². The van der Waals surface area contributed by atoms with E-state index in [1.165, 1.54) is 243 Å². The highest BCUT2D eigenvalue weighted by Gasteiger charge is 2.69. The lowest BCUT2D eigenvalue weighted by atomic mass is 9.36. The number of fused-ring (bicyclic) bond motifs is 9. The van der Waals surface area contributed by atoms with Gasteiger partial charge in [0.1, 0.15) is 5.75 Å². The minimum Gasteiger partial charge on any atom is -0.505 e. The molecule has 0 N–H and O–H groups in total. The first kappa shape index (κ1) is 63.8. The van der Waals surface area contributed by atoms with Gasteiger partial charge in [-0.3, -0.25) is 0 Å². The fraction of sp³-hybridized carbons (Fsp3) is 0.402. The van der Waals surface area contributed by atoms with E-state index in [9.17, 15) is 0 Å². The van der Waals surface area contributed by atoms with Crippen LogP contribution in [0.4, 0.5) is 0 Å². The summed E-state index contributed by atoms with van der Waals surface area (Å²) in [6, 6.07) is 62.2. The Labute approximate surface area is 558 Å². The maximum atomic E-state index is 6.26. The third kappa shape index (κ3) is 13.1. The highest BCUT2D eigenvalue weighted by molar-refractivity contribution is 7.26. The zero-order chi connectivity index (χ0) is 62.7. The topological polar surface area (TPSA) is 27.7 Å². The number of thiophene rings is 2. The summed E-state index contributed by atoms with van der Waals surface area (Å²) in [4.78, 5) is 0. The molecule has 0 radical (unpaired) electrons. The molecule has 2 heterocycles. The number of aryl methyl sites for hydroxylation is 1. The lowest BCUT2D eigenvalue weighted by molar-refractivity contribution is -0.0960. The molecule has 13 rings (SSSR count). The molecule has 3 aliphatic carbocycles. The average molecular weight is 1260 g/mol. The molecular weight excluding hydrogens is 1160 g/mol. The molecule has 0 aliphatic heterocycles. The summed E-state index contributed by atoms with van der Waals surface area (Å²) in [5.41, 5.74) is 18.4. The molecule has 92 heavy (non-hydrogen) atoms. The van der Waals surface area contributed by atoms with Crippen molar-refractivity contribution in [2.45, 2.75) is 193 Å². The number of unbranched alkanes of at least 4 members (excludes halogenated alkanes) is 14. The van der Waals surface area contributed by atoms with E-state index in [0.717, 1.165) is 44.6 Å². The molecule has 476 valence electrons. The fourth-order valence-electron chi connectivity index (χ4n) is 17.4. The van der Waals surface area contributed by atoms with Gasteiger partial charge in [-0.2, -0.15) is 0 Å². The van der Waals surface area contributed by atoms with E-state index in [4.69, 9.17) is 14.2 Å². The largest absolute Gasteiger partial charge is 0.505 e. The summed E-state index contributed by atoms with van der Waals surface area (Å²) in [5, 5.41) is 5.42. The van der Waals surface area contributed by atoms with Gasteiger partial charge in [0.2, 0.25) is 0 Å². The van der Waals surface area contributed by atoms with Gasteiger partial charge in [-0.1, -0.05) is 218 Å². The van der Waals surface area contributed by atoms with Crippen molar-refractivity contribution in [3.8, 4) is 61.4 Å². The van der Waals surface area contributed by atoms with Gasteiger partial charge in [0, 0.05) is 45.8 Å². The average Bonchev–Trinajstić information content (AvgIpc) is 1.57. The van der Waals surface area contributed by atoms with Crippen molar-refractivity contribution in [2.24, 2.45) is 10.8 Å². The van der Waals surface area contributed by atoms with Gasteiger partial charge >= 0.3 is 0 Å². The molecule has 0 unspecified atom stereocenters. The van der Waals surface area contributed by atoms with E-state index in [-0.39, 0.29) is 16.2 Å². The second kappa shape index (κ2) is 29.6. The van der Waals surface area contributed by atoms with E-state index in [2.05, 4.69) is 191 Å². The van der Waals surface area contributed by atoms with E-state index >= 15 is 0 Å². The SMILES string of the molecule is CCCCC12CCCC(CCCC)(CCC1)C21c2cc(-c3ccc4c(c3)sc3cc(-c5ccc(C)cc5)ccc34)ccc2-c2ccc(-c3ccc4c(c3)sc3cc(-c5ccc(OCCCCCCCCCCCO/C=C\CCCCC/C=C/OC)cc5)ccc34)cc21.